The Morgan fingerprint density at radius 2 is 2.20 bits per heavy atom. The van der Waals surface area contributed by atoms with Gasteiger partial charge in [0.2, 0.25) is 0 Å². The molecule has 1 aromatic carbocycles. The van der Waals surface area contributed by atoms with Gasteiger partial charge in [0.1, 0.15) is 12.4 Å². The van der Waals surface area contributed by atoms with Crippen molar-refractivity contribution in [3.8, 4) is 5.75 Å². The predicted octanol–water partition coefficient (Wildman–Crippen LogP) is 0.831. The van der Waals surface area contributed by atoms with Gasteiger partial charge in [-0.2, -0.15) is 5.10 Å². The lowest BCUT2D eigenvalue weighted by molar-refractivity contribution is -0.414. The van der Waals surface area contributed by atoms with Crippen molar-refractivity contribution in [3.63, 3.8) is 0 Å². The van der Waals surface area contributed by atoms with Crippen LogP contribution < -0.4 is 15.9 Å². The highest BCUT2D eigenvalue weighted by Crippen LogP contribution is 2.24. The number of para-hydroxylation sites is 1. The van der Waals surface area contributed by atoms with Crippen LogP contribution in [0.25, 0.3) is 6.08 Å². The van der Waals surface area contributed by atoms with E-state index in [1.165, 1.54) is 0 Å². The first-order valence-corrected chi connectivity index (χ1v) is 6.66. The lowest BCUT2D eigenvalue weighted by Crippen LogP contribution is -2.69. The zero-order valence-electron chi connectivity index (χ0n) is 11.8. The van der Waals surface area contributed by atoms with Gasteiger partial charge in [0, 0.05) is 17.1 Å². The number of ether oxygens (including phenoxy) is 1. The van der Waals surface area contributed by atoms with Crippen LogP contribution in [-0.2, 0) is 4.79 Å². The largest absolute Gasteiger partial charge is 0.488 e. The molecule has 5 nitrogen and oxygen atoms in total. The molecule has 1 heterocycles. The number of benzene rings is 1. The van der Waals surface area contributed by atoms with E-state index >= 15 is 0 Å². The van der Waals surface area contributed by atoms with Gasteiger partial charge < -0.3 is 10.5 Å². The molecule has 0 aromatic heterocycles. The summed E-state index contributed by atoms with van der Waals surface area (Å²) in [7, 11) is 0. The van der Waals surface area contributed by atoms with Crippen molar-refractivity contribution in [2.24, 2.45) is 11.0 Å². The number of quaternary nitrogens is 1. The SMILES string of the molecule is CC(C)[C@@H]([NH3+])C(=O)N/N=C\C1=Cc2ccccc2OC1. The molecule has 106 valence electrons. The lowest BCUT2D eigenvalue weighted by atomic mass is 10.1. The van der Waals surface area contributed by atoms with Gasteiger partial charge in [0.15, 0.2) is 6.04 Å². The minimum Gasteiger partial charge on any atom is -0.488 e. The van der Waals surface area contributed by atoms with Gasteiger partial charge in [0.05, 0.1) is 6.21 Å². The molecule has 1 amide bonds. The fourth-order valence-corrected chi connectivity index (χ4v) is 1.77. The van der Waals surface area contributed by atoms with E-state index in [4.69, 9.17) is 4.74 Å². The maximum Gasteiger partial charge on any atom is 0.298 e. The number of rotatable bonds is 4. The minimum atomic E-state index is -0.301. The summed E-state index contributed by atoms with van der Waals surface area (Å²) in [5, 5.41) is 3.96. The summed E-state index contributed by atoms with van der Waals surface area (Å²) in [4.78, 5) is 11.7. The average molecular weight is 274 g/mol. The van der Waals surface area contributed by atoms with Crippen LogP contribution in [0.4, 0.5) is 0 Å². The number of amides is 1. The molecule has 2 rings (SSSR count). The third kappa shape index (κ3) is 3.45. The second-order valence-electron chi connectivity index (χ2n) is 5.13. The highest BCUT2D eigenvalue weighted by Gasteiger charge is 2.20. The Labute approximate surface area is 118 Å². The normalized spacial score (nSPS) is 15.5. The zero-order chi connectivity index (χ0) is 14.5. The average Bonchev–Trinajstić information content (AvgIpc) is 2.46. The number of carbonyl (C=O) groups is 1. The van der Waals surface area contributed by atoms with Crippen LogP contribution in [0.1, 0.15) is 19.4 Å². The van der Waals surface area contributed by atoms with E-state index in [0.717, 1.165) is 16.9 Å². The first kappa shape index (κ1) is 14.3. The molecule has 0 aliphatic carbocycles. The Kier molecular flexibility index (Phi) is 4.53. The Morgan fingerprint density at radius 1 is 1.45 bits per heavy atom. The first-order valence-electron chi connectivity index (χ1n) is 6.66. The van der Waals surface area contributed by atoms with Crippen molar-refractivity contribution in [2.45, 2.75) is 19.9 Å². The van der Waals surface area contributed by atoms with Gasteiger partial charge in [-0.3, -0.25) is 4.79 Å². The summed E-state index contributed by atoms with van der Waals surface area (Å²) >= 11 is 0. The van der Waals surface area contributed by atoms with Crippen molar-refractivity contribution in [1.82, 2.24) is 5.43 Å². The molecule has 1 atom stereocenters. The molecule has 20 heavy (non-hydrogen) atoms. The fourth-order valence-electron chi connectivity index (χ4n) is 1.77. The Morgan fingerprint density at radius 3 is 2.95 bits per heavy atom. The Hall–Kier alpha value is -2.14. The Balaban J connectivity index is 1.96. The molecule has 1 aromatic rings. The van der Waals surface area contributed by atoms with Crippen molar-refractivity contribution < 1.29 is 15.3 Å². The second-order valence-corrected chi connectivity index (χ2v) is 5.13. The molecule has 0 saturated carbocycles. The number of nitrogens with one attached hydrogen (secondary N) is 1. The molecule has 0 saturated heterocycles. The Bertz CT molecular complexity index is 550. The summed E-state index contributed by atoms with van der Waals surface area (Å²) in [5.41, 5.74) is 8.24. The van der Waals surface area contributed by atoms with Crippen molar-refractivity contribution in [2.75, 3.05) is 6.61 Å². The monoisotopic (exact) mass is 274 g/mol. The van der Waals surface area contributed by atoms with Gasteiger partial charge in [-0.1, -0.05) is 32.0 Å². The quantitative estimate of drug-likeness (QED) is 0.630. The van der Waals surface area contributed by atoms with E-state index in [2.05, 4.69) is 16.3 Å². The van der Waals surface area contributed by atoms with Crippen LogP contribution in [0, 0.1) is 5.92 Å². The number of fused-ring (bicyclic) bond motifs is 1. The maximum atomic E-state index is 11.7. The van der Waals surface area contributed by atoms with Gasteiger partial charge in [-0.05, 0) is 12.1 Å². The van der Waals surface area contributed by atoms with Gasteiger partial charge in [-0.25, -0.2) is 5.43 Å². The smallest absolute Gasteiger partial charge is 0.298 e. The summed E-state index contributed by atoms with van der Waals surface area (Å²) in [6, 6.07) is 7.50. The summed E-state index contributed by atoms with van der Waals surface area (Å²) in [6.45, 7) is 4.36. The number of hydrogen-bond acceptors (Lipinski definition) is 3. The molecule has 5 heteroatoms. The number of nitrogens with zero attached hydrogens (tertiary/aromatic N) is 1. The molecule has 0 radical (unpaired) electrons. The minimum absolute atomic E-state index is 0.172. The predicted molar refractivity (Wildman–Crippen MR) is 78.1 cm³/mol. The topological polar surface area (TPSA) is 78.3 Å². The van der Waals surface area contributed by atoms with Gasteiger partial charge in [0.25, 0.3) is 5.91 Å². The molecule has 0 bridgehead atoms. The van der Waals surface area contributed by atoms with Gasteiger partial charge in [-0.15, -0.1) is 0 Å². The van der Waals surface area contributed by atoms with E-state index in [0.29, 0.717) is 6.61 Å². The van der Waals surface area contributed by atoms with Crippen molar-refractivity contribution in [1.29, 1.82) is 0 Å². The van der Waals surface area contributed by atoms with E-state index in [9.17, 15) is 4.79 Å². The fraction of sp³-hybridized carbons (Fsp3) is 0.333. The highest BCUT2D eigenvalue weighted by atomic mass is 16.5. The van der Waals surface area contributed by atoms with Crippen LogP contribution in [0.15, 0.2) is 34.9 Å². The third-order valence-electron chi connectivity index (χ3n) is 3.20. The summed E-state index contributed by atoms with van der Waals surface area (Å²) in [5.74, 6) is 0.884. The molecule has 1 aliphatic heterocycles. The van der Waals surface area contributed by atoms with E-state index in [-0.39, 0.29) is 17.9 Å². The molecule has 1 aliphatic rings. The highest BCUT2D eigenvalue weighted by molar-refractivity contribution is 5.89. The molecule has 0 spiro atoms. The van der Waals surface area contributed by atoms with Crippen molar-refractivity contribution >= 4 is 18.2 Å². The third-order valence-corrected chi connectivity index (χ3v) is 3.20. The summed E-state index contributed by atoms with van der Waals surface area (Å²) < 4.78 is 5.59. The van der Waals surface area contributed by atoms with Crippen LogP contribution in [-0.4, -0.2) is 24.8 Å². The number of hydrazone groups is 1. The first-order chi connectivity index (χ1) is 9.58. The number of hydrogen-bond donors (Lipinski definition) is 2. The van der Waals surface area contributed by atoms with E-state index in [1.807, 2.05) is 44.2 Å². The number of carbonyl (C=O) groups excluding carboxylic acids is 1. The molecule has 4 N–H and O–H groups in total. The van der Waals surface area contributed by atoms with E-state index < -0.39 is 0 Å². The van der Waals surface area contributed by atoms with E-state index in [1.54, 1.807) is 6.21 Å². The second kappa shape index (κ2) is 6.34. The van der Waals surface area contributed by atoms with Crippen LogP contribution >= 0.6 is 0 Å². The standard InChI is InChI=1S/C15H19N3O2/c1-10(2)14(16)15(19)18-17-8-11-7-12-5-3-4-6-13(12)20-9-11/h3-8,10,14H,9,16H2,1-2H3,(H,18,19)/p+1/b17-8-/t14-/m1/s1. The van der Waals surface area contributed by atoms with Crippen LogP contribution in [0.3, 0.4) is 0 Å². The lowest BCUT2D eigenvalue weighted by Gasteiger charge is -2.15. The molecule has 0 unspecified atom stereocenters. The van der Waals surface area contributed by atoms with Gasteiger partial charge >= 0.3 is 0 Å². The maximum absolute atomic E-state index is 11.7. The van der Waals surface area contributed by atoms with Crippen LogP contribution in [0.2, 0.25) is 0 Å². The zero-order valence-corrected chi connectivity index (χ0v) is 11.8. The summed E-state index contributed by atoms with van der Waals surface area (Å²) in [6.07, 6.45) is 3.61. The molecule has 0 fully saturated rings. The molecular weight excluding hydrogens is 254 g/mol. The van der Waals surface area contributed by atoms with Crippen LogP contribution in [0.5, 0.6) is 5.75 Å². The molecular formula is C15H20N3O2+. The van der Waals surface area contributed by atoms with Crippen molar-refractivity contribution in [3.05, 3.63) is 35.4 Å².